The van der Waals surface area contributed by atoms with E-state index in [-0.39, 0.29) is 0 Å². The summed E-state index contributed by atoms with van der Waals surface area (Å²) in [7, 11) is 0. The normalized spacial score (nSPS) is 14.6. The highest BCUT2D eigenvalue weighted by Crippen LogP contribution is 2.33. The van der Waals surface area contributed by atoms with Gasteiger partial charge in [-0.05, 0) is 81.1 Å². The van der Waals surface area contributed by atoms with Crippen molar-refractivity contribution in [1.82, 2.24) is 9.88 Å². The highest BCUT2D eigenvalue weighted by atomic mass is 32.2. The van der Waals surface area contributed by atoms with Crippen LogP contribution in [0.25, 0.3) is 22.2 Å². The summed E-state index contributed by atoms with van der Waals surface area (Å²) in [5, 5.41) is 1.08. The lowest BCUT2D eigenvalue weighted by Crippen LogP contribution is -2.33. The van der Waals surface area contributed by atoms with E-state index in [9.17, 15) is 0 Å². The number of ether oxygens (including phenoxy) is 2. The molecule has 1 aromatic heterocycles. The van der Waals surface area contributed by atoms with E-state index in [1.165, 1.54) is 37.2 Å². The first-order valence-electron chi connectivity index (χ1n) is 11.3. The van der Waals surface area contributed by atoms with Gasteiger partial charge in [0.2, 0.25) is 0 Å². The third kappa shape index (κ3) is 5.72. The van der Waals surface area contributed by atoms with Crippen LogP contribution >= 0.6 is 11.8 Å². The molecule has 164 valence electrons. The van der Waals surface area contributed by atoms with Gasteiger partial charge in [0.05, 0.1) is 17.8 Å². The van der Waals surface area contributed by atoms with Gasteiger partial charge in [0.15, 0.2) is 0 Å². The van der Waals surface area contributed by atoms with Gasteiger partial charge >= 0.3 is 0 Å². The first-order valence-corrected chi connectivity index (χ1v) is 12.6. The van der Waals surface area contributed by atoms with Crippen molar-refractivity contribution in [3.63, 3.8) is 0 Å². The second-order valence-electron chi connectivity index (χ2n) is 8.01. The molecule has 5 heteroatoms. The maximum absolute atomic E-state index is 6.34. The molecule has 3 aromatic rings. The zero-order valence-corrected chi connectivity index (χ0v) is 19.4. The number of aromatic nitrogens is 1. The molecule has 0 N–H and O–H groups in total. The summed E-state index contributed by atoms with van der Waals surface area (Å²) < 4.78 is 12.1. The number of nitrogens with zero attached hydrogens (tertiary/aromatic N) is 2. The summed E-state index contributed by atoms with van der Waals surface area (Å²) >= 11 is 1.74. The monoisotopic (exact) mass is 436 g/mol. The van der Waals surface area contributed by atoms with Crippen molar-refractivity contribution in [2.75, 3.05) is 39.1 Å². The molecule has 1 fully saturated rings. The van der Waals surface area contributed by atoms with Crippen LogP contribution in [0.4, 0.5) is 0 Å². The highest BCUT2D eigenvalue weighted by Gasteiger charge is 2.13. The minimum Gasteiger partial charge on any atom is -0.494 e. The van der Waals surface area contributed by atoms with Crippen molar-refractivity contribution in [1.29, 1.82) is 0 Å². The molecule has 4 rings (SSSR count). The molecule has 0 unspecified atom stereocenters. The number of thioether (sulfide) groups is 1. The fourth-order valence-electron chi connectivity index (χ4n) is 3.98. The van der Waals surface area contributed by atoms with E-state index in [4.69, 9.17) is 14.5 Å². The van der Waals surface area contributed by atoms with Crippen LogP contribution in [-0.4, -0.2) is 49.0 Å². The number of benzene rings is 2. The van der Waals surface area contributed by atoms with Crippen LogP contribution in [0.5, 0.6) is 11.5 Å². The first kappa shape index (κ1) is 22.0. The number of fused-ring (bicyclic) bond motifs is 1. The number of hydrogen-bond acceptors (Lipinski definition) is 5. The van der Waals surface area contributed by atoms with Crippen LogP contribution in [-0.2, 0) is 0 Å². The van der Waals surface area contributed by atoms with Gasteiger partial charge in [0.25, 0.3) is 0 Å². The fraction of sp³-hybridized carbons (Fsp3) is 0.423. The van der Waals surface area contributed by atoms with Crippen LogP contribution in [0.15, 0.2) is 53.4 Å². The van der Waals surface area contributed by atoms with E-state index >= 15 is 0 Å². The van der Waals surface area contributed by atoms with E-state index in [1.54, 1.807) is 11.8 Å². The van der Waals surface area contributed by atoms with Gasteiger partial charge in [-0.1, -0.05) is 13.3 Å². The number of likely N-dealkylation sites (tertiary alicyclic amines) is 1. The van der Waals surface area contributed by atoms with Crippen molar-refractivity contribution >= 4 is 22.7 Å². The molecule has 1 aliphatic rings. The highest BCUT2D eigenvalue weighted by molar-refractivity contribution is 7.98. The Balaban J connectivity index is 1.58. The van der Waals surface area contributed by atoms with E-state index in [2.05, 4.69) is 54.5 Å². The third-order valence-electron chi connectivity index (χ3n) is 5.71. The molecular weight excluding hydrogens is 404 g/mol. The predicted octanol–water partition coefficient (Wildman–Crippen LogP) is 6.28. The molecule has 0 aliphatic carbocycles. The van der Waals surface area contributed by atoms with E-state index in [0.29, 0.717) is 6.61 Å². The molecule has 1 saturated heterocycles. The number of hydrogen-bond donors (Lipinski definition) is 0. The summed E-state index contributed by atoms with van der Waals surface area (Å²) in [5.74, 6) is 1.81. The maximum Gasteiger partial charge on any atom is 0.130 e. The molecule has 4 nitrogen and oxygen atoms in total. The van der Waals surface area contributed by atoms with E-state index in [1.807, 2.05) is 12.1 Å². The SMILES string of the molecule is CCCOc1ccc(-c2cc(OCCN3CCCCC3)c3cc(SC)ccc3n2)cc1. The maximum atomic E-state index is 6.34. The van der Waals surface area contributed by atoms with Crippen molar-refractivity contribution in [3.05, 3.63) is 48.5 Å². The minimum absolute atomic E-state index is 0.700. The molecule has 0 saturated carbocycles. The van der Waals surface area contributed by atoms with Crippen LogP contribution in [0.3, 0.4) is 0 Å². The minimum atomic E-state index is 0.700. The molecule has 2 heterocycles. The molecule has 0 radical (unpaired) electrons. The average Bonchev–Trinajstić information content (AvgIpc) is 2.83. The van der Waals surface area contributed by atoms with Gasteiger partial charge < -0.3 is 9.47 Å². The van der Waals surface area contributed by atoms with Gasteiger partial charge in [-0.2, -0.15) is 0 Å². The largest absolute Gasteiger partial charge is 0.494 e. The predicted molar refractivity (Wildman–Crippen MR) is 131 cm³/mol. The van der Waals surface area contributed by atoms with Crippen molar-refractivity contribution in [2.45, 2.75) is 37.5 Å². The molecule has 0 bridgehead atoms. The average molecular weight is 437 g/mol. The van der Waals surface area contributed by atoms with Crippen LogP contribution in [0, 0.1) is 0 Å². The topological polar surface area (TPSA) is 34.6 Å². The van der Waals surface area contributed by atoms with Crippen LogP contribution < -0.4 is 9.47 Å². The molecule has 0 amide bonds. The number of pyridine rings is 1. The molecular formula is C26H32N2O2S. The number of rotatable bonds is 9. The quantitative estimate of drug-likeness (QED) is 0.369. The zero-order chi connectivity index (χ0) is 21.5. The summed E-state index contributed by atoms with van der Waals surface area (Å²) in [6.07, 6.45) is 7.07. The number of piperidine rings is 1. The summed E-state index contributed by atoms with van der Waals surface area (Å²) in [4.78, 5) is 8.66. The molecule has 31 heavy (non-hydrogen) atoms. The Morgan fingerprint density at radius 2 is 1.74 bits per heavy atom. The van der Waals surface area contributed by atoms with Crippen LogP contribution in [0.1, 0.15) is 32.6 Å². The first-order chi connectivity index (χ1) is 15.3. The third-order valence-corrected chi connectivity index (χ3v) is 6.44. The van der Waals surface area contributed by atoms with Crippen molar-refractivity contribution in [3.8, 4) is 22.8 Å². The lowest BCUT2D eigenvalue weighted by Gasteiger charge is -2.26. The molecule has 0 spiro atoms. The van der Waals surface area contributed by atoms with Gasteiger partial charge in [-0.25, -0.2) is 4.98 Å². The van der Waals surface area contributed by atoms with E-state index in [0.717, 1.165) is 53.2 Å². The second kappa shape index (κ2) is 10.9. The Labute approximate surface area is 190 Å². The van der Waals surface area contributed by atoms with Gasteiger partial charge in [-0.3, -0.25) is 4.90 Å². The smallest absolute Gasteiger partial charge is 0.130 e. The Morgan fingerprint density at radius 3 is 2.48 bits per heavy atom. The Morgan fingerprint density at radius 1 is 0.935 bits per heavy atom. The Hall–Kier alpha value is -2.24. The van der Waals surface area contributed by atoms with Gasteiger partial charge in [0.1, 0.15) is 18.1 Å². The molecule has 2 aromatic carbocycles. The summed E-state index contributed by atoms with van der Waals surface area (Å²) in [5.41, 5.74) is 2.97. The standard InChI is InChI=1S/C26H32N2O2S/c1-3-16-29-21-9-7-20(8-10-21)25-19-26(30-17-15-28-13-5-4-6-14-28)23-18-22(31-2)11-12-24(23)27-25/h7-12,18-19H,3-6,13-17H2,1-2H3. The summed E-state index contributed by atoms with van der Waals surface area (Å²) in [6.45, 7) is 6.91. The van der Waals surface area contributed by atoms with Crippen molar-refractivity contribution in [2.24, 2.45) is 0 Å². The van der Waals surface area contributed by atoms with Crippen molar-refractivity contribution < 1.29 is 9.47 Å². The summed E-state index contributed by atoms with van der Waals surface area (Å²) in [6, 6.07) is 16.7. The zero-order valence-electron chi connectivity index (χ0n) is 18.6. The Bertz CT molecular complexity index is 985. The molecule has 1 aliphatic heterocycles. The fourth-order valence-corrected chi connectivity index (χ4v) is 4.42. The van der Waals surface area contributed by atoms with Crippen LogP contribution in [0.2, 0.25) is 0 Å². The van der Waals surface area contributed by atoms with E-state index < -0.39 is 0 Å². The Kier molecular flexibility index (Phi) is 7.71. The lowest BCUT2D eigenvalue weighted by atomic mass is 10.1. The van der Waals surface area contributed by atoms with Gasteiger partial charge in [-0.15, -0.1) is 11.8 Å². The molecule has 0 atom stereocenters. The second-order valence-corrected chi connectivity index (χ2v) is 8.89. The lowest BCUT2D eigenvalue weighted by molar-refractivity contribution is 0.184. The van der Waals surface area contributed by atoms with Gasteiger partial charge in [0, 0.05) is 28.5 Å².